The quantitative estimate of drug-likeness (QED) is 0.761. The highest BCUT2D eigenvalue weighted by Gasteiger charge is 2.34. The number of carbonyl (C=O) groups excluding carboxylic acids is 2. The van der Waals surface area contributed by atoms with Crippen LogP contribution in [0.3, 0.4) is 0 Å². The Kier molecular flexibility index (Phi) is 7.71. The summed E-state index contributed by atoms with van der Waals surface area (Å²) in [5.41, 5.74) is -0.836. The highest BCUT2D eigenvalue weighted by molar-refractivity contribution is 5.80. The molecule has 5 nitrogen and oxygen atoms in total. The highest BCUT2D eigenvalue weighted by atomic mass is 19.4. The summed E-state index contributed by atoms with van der Waals surface area (Å²) in [6, 6.07) is 4.57. The zero-order valence-electron chi connectivity index (χ0n) is 16.2. The van der Waals surface area contributed by atoms with Crippen LogP contribution in [0.1, 0.15) is 45.1 Å². The molecule has 1 aromatic carbocycles. The molecular formula is C20H27F3N2O3. The van der Waals surface area contributed by atoms with Gasteiger partial charge in [-0.1, -0.05) is 19.1 Å². The molecule has 1 unspecified atom stereocenters. The lowest BCUT2D eigenvalue weighted by Gasteiger charge is -2.32. The number of nitrogens with zero attached hydrogens (tertiary/aromatic N) is 1. The van der Waals surface area contributed by atoms with Gasteiger partial charge < -0.3 is 15.0 Å². The molecule has 156 valence electrons. The van der Waals surface area contributed by atoms with Gasteiger partial charge in [0.15, 0.2) is 0 Å². The van der Waals surface area contributed by atoms with Crippen LogP contribution < -0.4 is 10.1 Å². The summed E-state index contributed by atoms with van der Waals surface area (Å²) in [6.45, 7) is 4.69. The number of nitrogens with one attached hydrogen (secondary N) is 1. The van der Waals surface area contributed by atoms with E-state index in [2.05, 4.69) is 5.32 Å². The maximum Gasteiger partial charge on any atom is 0.419 e. The first-order valence-corrected chi connectivity index (χ1v) is 9.59. The molecule has 2 rings (SSSR count). The smallest absolute Gasteiger partial charge is 0.419 e. The van der Waals surface area contributed by atoms with E-state index >= 15 is 0 Å². The molecule has 1 aliphatic rings. The fraction of sp³-hybridized carbons (Fsp3) is 0.600. The average molecular weight is 400 g/mol. The zero-order chi connectivity index (χ0) is 20.7. The minimum atomic E-state index is -4.49. The van der Waals surface area contributed by atoms with Gasteiger partial charge in [-0.25, -0.2) is 0 Å². The lowest BCUT2D eigenvalue weighted by Crippen LogP contribution is -2.46. The van der Waals surface area contributed by atoms with Crippen molar-refractivity contribution in [2.75, 3.05) is 19.7 Å². The largest absolute Gasteiger partial charge is 0.491 e. The Bertz CT molecular complexity index is 671. The van der Waals surface area contributed by atoms with Gasteiger partial charge in [-0.3, -0.25) is 9.59 Å². The van der Waals surface area contributed by atoms with Crippen molar-refractivity contribution in [3.63, 3.8) is 0 Å². The van der Waals surface area contributed by atoms with Crippen molar-refractivity contribution in [1.82, 2.24) is 10.2 Å². The molecule has 0 aliphatic carbocycles. The second-order valence-corrected chi connectivity index (χ2v) is 7.12. The molecule has 1 fully saturated rings. The molecule has 0 radical (unpaired) electrons. The van der Waals surface area contributed by atoms with E-state index in [1.165, 1.54) is 18.2 Å². The average Bonchev–Trinajstić information content (AvgIpc) is 2.66. The molecule has 2 amide bonds. The third-order valence-electron chi connectivity index (χ3n) is 4.75. The number of amides is 2. The van der Waals surface area contributed by atoms with Crippen molar-refractivity contribution in [1.29, 1.82) is 0 Å². The fourth-order valence-electron chi connectivity index (χ4n) is 3.21. The lowest BCUT2D eigenvalue weighted by atomic mass is 9.95. The Morgan fingerprint density at radius 3 is 2.50 bits per heavy atom. The molecule has 0 saturated carbocycles. The van der Waals surface area contributed by atoms with E-state index in [-0.39, 0.29) is 30.1 Å². The first-order valence-electron chi connectivity index (χ1n) is 9.59. The Balaban J connectivity index is 1.80. The van der Waals surface area contributed by atoms with Crippen LogP contribution in [0.4, 0.5) is 13.2 Å². The monoisotopic (exact) mass is 400 g/mol. The topological polar surface area (TPSA) is 58.6 Å². The molecular weight excluding hydrogens is 373 g/mol. The van der Waals surface area contributed by atoms with E-state index in [1.54, 1.807) is 11.8 Å². The number of piperidine rings is 1. The van der Waals surface area contributed by atoms with E-state index in [0.717, 1.165) is 12.5 Å². The van der Waals surface area contributed by atoms with Gasteiger partial charge in [0.25, 0.3) is 0 Å². The minimum Gasteiger partial charge on any atom is -0.491 e. The number of para-hydroxylation sites is 1. The molecule has 1 atom stereocenters. The van der Waals surface area contributed by atoms with Gasteiger partial charge in [-0.15, -0.1) is 0 Å². The van der Waals surface area contributed by atoms with Crippen molar-refractivity contribution in [2.45, 2.75) is 51.7 Å². The number of carbonyl (C=O) groups is 2. The SMILES string of the molecule is CCCC(=O)N1CCC(C(=O)NC(C)COc2ccccc2C(F)(F)F)CC1. The number of rotatable bonds is 7. The van der Waals surface area contributed by atoms with Crippen molar-refractivity contribution >= 4 is 11.8 Å². The van der Waals surface area contributed by atoms with E-state index in [9.17, 15) is 22.8 Å². The first-order chi connectivity index (χ1) is 13.2. The standard InChI is InChI=1S/C20H27F3N2O3/c1-3-6-18(26)25-11-9-15(10-12-25)19(27)24-14(2)13-28-17-8-5-4-7-16(17)20(21,22)23/h4-5,7-8,14-15H,3,6,9-13H2,1-2H3,(H,24,27). The maximum absolute atomic E-state index is 13.0. The number of hydrogen-bond acceptors (Lipinski definition) is 3. The summed E-state index contributed by atoms with van der Waals surface area (Å²) < 4.78 is 44.3. The lowest BCUT2D eigenvalue weighted by molar-refractivity contribution is -0.139. The summed E-state index contributed by atoms with van der Waals surface area (Å²) in [7, 11) is 0. The molecule has 0 aromatic heterocycles. The van der Waals surface area contributed by atoms with Gasteiger partial charge in [-0.05, 0) is 38.3 Å². The van der Waals surface area contributed by atoms with E-state index in [4.69, 9.17) is 4.74 Å². The molecule has 1 aliphatic heterocycles. The number of likely N-dealkylation sites (tertiary alicyclic amines) is 1. The minimum absolute atomic E-state index is 0.0628. The second kappa shape index (κ2) is 9.80. The van der Waals surface area contributed by atoms with E-state index in [0.29, 0.717) is 32.4 Å². The highest BCUT2D eigenvalue weighted by Crippen LogP contribution is 2.35. The number of alkyl halides is 3. The van der Waals surface area contributed by atoms with Crippen LogP contribution >= 0.6 is 0 Å². The Morgan fingerprint density at radius 2 is 1.89 bits per heavy atom. The number of benzene rings is 1. The van der Waals surface area contributed by atoms with Crippen LogP contribution in [-0.2, 0) is 15.8 Å². The summed E-state index contributed by atoms with van der Waals surface area (Å²) in [5, 5.41) is 2.80. The third-order valence-corrected chi connectivity index (χ3v) is 4.75. The third kappa shape index (κ3) is 6.14. The van der Waals surface area contributed by atoms with Gasteiger partial charge in [0.2, 0.25) is 11.8 Å². The van der Waals surface area contributed by atoms with E-state index in [1.807, 2.05) is 6.92 Å². The zero-order valence-corrected chi connectivity index (χ0v) is 16.2. The molecule has 0 spiro atoms. The van der Waals surface area contributed by atoms with Crippen molar-refractivity contribution in [2.24, 2.45) is 5.92 Å². The molecule has 28 heavy (non-hydrogen) atoms. The molecule has 1 saturated heterocycles. The predicted molar refractivity (Wildman–Crippen MR) is 98.8 cm³/mol. The summed E-state index contributed by atoms with van der Waals surface area (Å²) in [4.78, 5) is 26.1. The van der Waals surface area contributed by atoms with Crippen LogP contribution in [0.2, 0.25) is 0 Å². The van der Waals surface area contributed by atoms with Gasteiger partial charge in [0, 0.05) is 25.4 Å². The van der Waals surface area contributed by atoms with Crippen LogP contribution in [0.25, 0.3) is 0 Å². The van der Waals surface area contributed by atoms with Crippen LogP contribution in [0.15, 0.2) is 24.3 Å². The number of halogens is 3. The number of hydrogen-bond donors (Lipinski definition) is 1. The van der Waals surface area contributed by atoms with Crippen molar-refractivity contribution in [3.8, 4) is 5.75 Å². The number of ether oxygens (including phenoxy) is 1. The Labute approximate surface area is 163 Å². The van der Waals surface area contributed by atoms with Gasteiger partial charge in [0.1, 0.15) is 12.4 Å². The summed E-state index contributed by atoms with van der Waals surface area (Å²) in [5.74, 6) is -0.483. The van der Waals surface area contributed by atoms with Crippen LogP contribution in [0, 0.1) is 5.92 Å². The first kappa shape index (κ1) is 22.0. The second-order valence-electron chi connectivity index (χ2n) is 7.12. The molecule has 1 heterocycles. The van der Waals surface area contributed by atoms with Crippen LogP contribution in [0.5, 0.6) is 5.75 Å². The molecule has 0 bridgehead atoms. The summed E-state index contributed by atoms with van der Waals surface area (Å²) >= 11 is 0. The Hall–Kier alpha value is -2.25. The summed E-state index contributed by atoms with van der Waals surface area (Å²) in [6.07, 6.45) is -2.00. The molecule has 1 N–H and O–H groups in total. The fourth-order valence-corrected chi connectivity index (χ4v) is 3.21. The van der Waals surface area contributed by atoms with Crippen molar-refractivity contribution in [3.05, 3.63) is 29.8 Å². The van der Waals surface area contributed by atoms with Gasteiger partial charge >= 0.3 is 6.18 Å². The van der Waals surface area contributed by atoms with E-state index < -0.39 is 17.8 Å². The predicted octanol–water partition coefficient (Wildman–Crippen LogP) is 3.63. The van der Waals surface area contributed by atoms with Crippen LogP contribution in [-0.4, -0.2) is 42.5 Å². The molecule has 1 aromatic rings. The molecule has 8 heteroatoms. The Morgan fingerprint density at radius 1 is 1.25 bits per heavy atom. The van der Waals surface area contributed by atoms with Gasteiger partial charge in [0.05, 0.1) is 11.6 Å². The normalized spacial score (nSPS) is 16.5. The van der Waals surface area contributed by atoms with Crippen molar-refractivity contribution < 1.29 is 27.5 Å². The van der Waals surface area contributed by atoms with Gasteiger partial charge in [-0.2, -0.15) is 13.2 Å². The maximum atomic E-state index is 13.0.